The van der Waals surface area contributed by atoms with Gasteiger partial charge in [-0.05, 0) is 6.42 Å². The Morgan fingerprint density at radius 3 is 2.33 bits per heavy atom. The molecule has 0 spiro atoms. The van der Waals surface area contributed by atoms with Crippen LogP contribution in [0.25, 0.3) is 0 Å². The molecule has 0 aromatic heterocycles. The SMILES string of the molecule is CCC(=O)N1CCN(C(=O)C2CCC(=O)N2)CC1. The minimum atomic E-state index is -0.356. The second-order valence-electron chi connectivity index (χ2n) is 4.72. The monoisotopic (exact) mass is 253 g/mol. The fourth-order valence-electron chi connectivity index (χ4n) is 2.42. The molecule has 2 fully saturated rings. The number of hydrogen-bond donors (Lipinski definition) is 1. The lowest BCUT2D eigenvalue weighted by Gasteiger charge is -2.35. The van der Waals surface area contributed by atoms with E-state index in [4.69, 9.17) is 0 Å². The average molecular weight is 253 g/mol. The molecule has 6 nitrogen and oxygen atoms in total. The van der Waals surface area contributed by atoms with Gasteiger partial charge in [0.15, 0.2) is 0 Å². The molecule has 18 heavy (non-hydrogen) atoms. The number of nitrogens with zero attached hydrogens (tertiary/aromatic N) is 2. The molecule has 2 rings (SSSR count). The Bertz CT molecular complexity index is 362. The van der Waals surface area contributed by atoms with Crippen molar-refractivity contribution in [2.24, 2.45) is 0 Å². The van der Waals surface area contributed by atoms with E-state index in [0.717, 1.165) is 0 Å². The Labute approximate surface area is 106 Å². The van der Waals surface area contributed by atoms with E-state index in [9.17, 15) is 14.4 Å². The second kappa shape index (κ2) is 5.37. The van der Waals surface area contributed by atoms with Crippen molar-refractivity contribution in [2.75, 3.05) is 26.2 Å². The van der Waals surface area contributed by atoms with Crippen LogP contribution in [0, 0.1) is 0 Å². The van der Waals surface area contributed by atoms with Gasteiger partial charge in [0.2, 0.25) is 17.7 Å². The first-order chi connectivity index (χ1) is 8.61. The zero-order valence-electron chi connectivity index (χ0n) is 10.6. The molecule has 3 amide bonds. The fraction of sp³-hybridized carbons (Fsp3) is 0.750. The van der Waals surface area contributed by atoms with Crippen LogP contribution in [0.5, 0.6) is 0 Å². The van der Waals surface area contributed by atoms with Crippen LogP contribution in [0.4, 0.5) is 0 Å². The highest BCUT2D eigenvalue weighted by Gasteiger charge is 2.32. The van der Waals surface area contributed by atoms with Crippen LogP contribution >= 0.6 is 0 Å². The van der Waals surface area contributed by atoms with E-state index in [2.05, 4.69) is 5.32 Å². The maximum atomic E-state index is 12.1. The third kappa shape index (κ3) is 2.63. The Morgan fingerprint density at radius 1 is 1.22 bits per heavy atom. The summed E-state index contributed by atoms with van der Waals surface area (Å²) < 4.78 is 0. The standard InChI is InChI=1S/C12H19N3O3/c1-2-11(17)14-5-7-15(8-6-14)12(18)9-3-4-10(16)13-9/h9H,2-8H2,1H3,(H,13,16). The Kier molecular flexibility index (Phi) is 3.84. The fourth-order valence-corrected chi connectivity index (χ4v) is 2.42. The van der Waals surface area contributed by atoms with Crippen LogP contribution in [-0.2, 0) is 14.4 Å². The summed E-state index contributed by atoms with van der Waals surface area (Å²) in [7, 11) is 0. The molecule has 1 N–H and O–H groups in total. The summed E-state index contributed by atoms with van der Waals surface area (Å²) in [6.07, 6.45) is 1.53. The molecule has 0 aromatic carbocycles. The van der Waals surface area contributed by atoms with E-state index >= 15 is 0 Å². The van der Waals surface area contributed by atoms with Gasteiger partial charge in [-0.2, -0.15) is 0 Å². The number of amides is 3. The average Bonchev–Trinajstić information content (AvgIpc) is 2.84. The number of piperazine rings is 1. The van der Waals surface area contributed by atoms with Crippen molar-refractivity contribution in [3.8, 4) is 0 Å². The highest BCUT2D eigenvalue weighted by molar-refractivity contribution is 5.91. The molecular formula is C12H19N3O3. The molecule has 0 aromatic rings. The summed E-state index contributed by atoms with van der Waals surface area (Å²) in [5.41, 5.74) is 0. The van der Waals surface area contributed by atoms with Crippen LogP contribution < -0.4 is 5.32 Å². The van der Waals surface area contributed by atoms with Gasteiger partial charge in [-0.1, -0.05) is 6.92 Å². The second-order valence-corrected chi connectivity index (χ2v) is 4.72. The van der Waals surface area contributed by atoms with Crippen molar-refractivity contribution in [1.82, 2.24) is 15.1 Å². The molecule has 2 aliphatic rings. The summed E-state index contributed by atoms with van der Waals surface area (Å²) in [6, 6.07) is -0.356. The summed E-state index contributed by atoms with van der Waals surface area (Å²) >= 11 is 0. The molecule has 0 radical (unpaired) electrons. The normalized spacial score (nSPS) is 24.1. The van der Waals surface area contributed by atoms with Crippen molar-refractivity contribution in [3.63, 3.8) is 0 Å². The zero-order valence-corrected chi connectivity index (χ0v) is 10.6. The summed E-state index contributed by atoms with van der Waals surface area (Å²) in [5, 5.41) is 2.69. The maximum Gasteiger partial charge on any atom is 0.245 e. The predicted octanol–water partition coefficient (Wildman–Crippen LogP) is -0.654. The number of rotatable bonds is 2. The highest BCUT2D eigenvalue weighted by atomic mass is 16.2. The van der Waals surface area contributed by atoms with Gasteiger partial charge in [-0.15, -0.1) is 0 Å². The lowest BCUT2D eigenvalue weighted by molar-refractivity contribution is -0.140. The Morgan fingerprint density at radius 2 is 1.83 bits per heavy atom. The quantitative estimate of drug-likeness (QED) is 0.710. The van der Waals surface area contributed by atoms with Crippen molar-refractivity contribution in [3.05, 3.63) is 0 Å². The van der Waals surface area contributed by atoms with Gasteiger partial charge in [-0.25, -0.2) is 0 Å². The molecule has 2 aliphatic heterocycles. The predicted molar refractivity (Wildman–Crippen MR) is 64.6 cm³/mol. The van der Waals surface area contributed by atoms with Gasteiger partial charge in [-0.3, -0.25) is 14.4 Å². The first-order valence-electron chi connectivity index (χ1n) is 6.47. The Balaban J connectivity index is 1.84. The van der Waals surface area contributed by atoms with E-state index < -0.39 is 0 Å². The number of hydrogen-bond acceptors (Lipinski definition) is 3. The van der Waals surface area contributed by atoms with Crippen molar-refractivity contribution in [1.29, 1.82) is 0 Å². The summed E-state index contributed by atoms with van der Waals surface area (Å²) in [5.74, 6) is 0.0777. The first-order valence-corrected chi connectivity index (χ1v) is 6.47. The van der Waals surface area contributed by atoms with Crippen LogP contribution in [0.1, 0.15) is 26.2 Å². The molecule has 100 valence electrons. The molecule has 1 unspecified atom stereocenters. The molecule has 2 saturated heterocycles. The number of carbonyl (C=O) groups is 3. The van der Waals surface area contributed by atoms with Crippen LogP contribution in [0.3, 0.4) is 0 Å². The van der Waals surface area contributed by atoms with Crippen molar-refractivity contribution >= 4 is 17.7 Å². The molecule has 6 heteroatoms. The maximum absolute atomic E-state index is 12.1. The minimum absolute atomic E-state index is 0.00977. The van der Waals surface area contributed by atoms with E-state index in [0.29, 0.717) is 45.4 Å². The van der Waals surface area contributed by atoms with Gasteiger partial charge in [0.05, 0.1) is 0 Å². The topological polar surface area (TPSA) is 69.7 Å². The van der Waals surface area contributed by atoms with Crippen molar-refractivity contribution in [2.45, 2.75) is 32.2 Å². The highest BCUT2D eigenvalue weighted by Crippen LogP contribution is 2.12. The molecule has 2 heterocycles. The van der Waals surface area contributed by atoms with Crippen LogP contribution in [-0.4, -0.2) is 59.7 Å². The zero-order chi connectivity index (χ0) is 13.1. The minimum Gasteiger partial charge on any atom is -0.344 e. The van der Waals surface area contributed by atoms with Crippen molar-refractivity contribution < 1.29 is 14.4 Å². The third-order valence-corrected chi connectivity index (χ3v) is 3.54. The van der Waals surface area contributed by atoms with Gasteiger partial charge in [0.1, 0.15) is 6.04 Å². The molecular weight excluding hydrogens is 234 g/mol. The van der Waals surface area contributed by atoms with Gasteiger partial charge in [0.25, 0.3) is 0 Å². The van der Waals surface area contributed by atoms with E-state index in [1.807, 2.05) is 6.92 Å². The number of carbonyl (C=O) groups excluding carboxylic acids is 3. The smallest absolute Gasteiger partial charge is 0.245 e. The van der Waals surface area contributed by atoms with Gasteiger partial charge < -0.3 is 15.1 Å². The van der Waals surface area contributed by atoms with E-state index in [1.54, 1.807) is 9.80 Å². The number of nitrogens with one attached hydrogen (secondary N) is 1. The Hall–Kier alpha value is -1.59. The largest absolute Gasteiger partial charge is 0.344 e. The summed E-state index contributed by atoms with van der Waals surface area (Å²) in [4.78, 5) is 38.2. The van der Waals surface area contributed by atoms with Gasteiger partial charge in [0, 0.05) is 39.0 Å². The molecule has 0 bridgehead atoms. The lowest BCUT2D eigenvalue weighted by atomic mass is 10.2. The lowest BCUT2D eigenvalue weighted by Crippen LogP contribution is -2.54. The van der Waals surface area contributed by atoms with Crippen LogP contribution in [0.2, 0.25) is 0 Å². The molecule has 0 saturated carbocycles. The molecule has 1 atom stereocenters. The molecule has 0 aliphatic carbocycles. The third-order valence-electron chi connectivity index (χ3n) is 3.54. The summed E-state index contributed by atoms with van der Waals surface area (Å²) in [6.45, 7) is 4.17. The van der Waals surface area contributed by atoms with Crippen LogP contribution in [0.15, 0.2) is 0 Å². The first kappa shape index (κ1) is 12.9. The van der Waals surface area contributed by atoms with E-state index in [1.165, 1.54) is 0 Å². The van der Waals surface area contributed by atoms with Gasteiger partial charge >= 0.3 is 0 Å². The van der Waals surface area contributed by atoms with E-state index in [-0.39, 0.29) is 23.8 Å².